The number of ether oxygens (including phenoxy) is 3. The van der Waals surface area contributed by atoms with Gasteiger partial charge in [-0.1, -0.05) is 191 Å². The zero-order chi connectivity index (χ0) is 47.5. The maximum absolute atomic E-state index is 12.8. The Morgan fingerprint density at radius 1 is 0.385 bits per heavy atom. The van der Waals surface area contributed by atoms with Crippen molar-refractivity contribution in [3.05, 3.63) is 48.6 Å². The van der Waals surface area contributed by atoms with Crippen LogP contribution in [0.5, 0.6) is 0 Å². The van der Waals surface area contributed by atoms with Crippen molar-refractivity contribution in [2.45, 2.75) is 283 Å². The lowest BCUT2D eigenvalue weighted by Gasteiger charge is -2.18. The van der Waals surface area contributed by atoms with Gasteiger partial charge in [-0.3, -0.25) is 14.4 Å². The predicted molar refractivity (Wildman–Crippen MR) is 273 cm³/mol. The zero-order valence-electron chi connectivity index (χ0n) is 42.5. The Morgan fingerprint density at radius 2 is 0.708 bits per heavy atom. The Kier molecular flexibility index (Phi) is 48.6. The average molecular weight is 915 g/mol. The summed E-state index contributed by atoms with van der Waals surface area (Å²) in [6.07, 6.45) is 54.1. The summed E-state index contributed by atoms with van der Waals surface area (Å²) in [5.74, 6) is -1.00. The molecular weight excluding hydrogens is 813 g/mol. The Balaban J connectivity index is 4.49. The van der Waals surface area contributed by atoms with Gasteiger partial charge in [-0.15, -0.1) is 0 Å². The summed E-state index contributed by atoms with van der Waals surface area (Å²) in [5.41, 5.74) is 0. The second kappa shape index (κ2) is 50.7. The molecule has 0 radical (unpaired) electrons. The highest BCUT2D eigenvalue weighted by Gasteiger charge is 2.19. The van der Waals surface area contributed by atoms with Crippen molar-refractivity contribution in [3.8, 4) is 0 Å². The van der Waals surface area contributed by atoms with Gasteiger partial charge in [0.15, 0.2) is 6.10 Å². The van der Waals surface area contributed by atoms with Gasteiger partial charge >= 0.3 is 17.9 Å². The maximum atomic E-state index is 12.8. The highest BCUT2D eigenvalue weighted by atomic mass is 16.6. The Hall–Kier alpha value is -2.71. The highest BCUT2D eigenvalue weighted by Crippen LogP contribution is 2.15. The molecule has 0 saturated heterocycles. The lowest BCUT2D eigenvalue weighted by atomic mass is 10.1. The summed E-state index contributed by atoms with van der Waals surface area (Å²) in [6, 6.07) is 0. The Labute approximate surface area is 400 Å². The molecule has 2 unspecified atom stereocenters. The third-order valence-corrected chi connectivity index (χ3v) is 11.9. The van der Waals surface area contributed by atoms with Gasteiger partial charge < -0.3 is 24.4 Å². The van der Waals surface area contributed by atoms with Crippen molar-refractivity contribution in [3.63, 3.8) is 0 Å². The fourth-order valence-corrected chi connectivity index (χ4v) is 7.67. The van der Waals surface area contributed by atoms with Gasteiger partial charge in [0.05, 0.1) is 12.2 Å². The monoisotopic (exact) mass is 915 g/mol. The minimum Gasteiger partial charge on any atom is -0.462 e. The fraction of sp³-hybridized carbons (Fsp3) is 0.807. The second-order valence-corrected chi connectivity index (χ2v) is 18.5. The molecule has 0 amide bonds. The Morgan fingerprint density at radius 3 is 1.12 bits per heavy atom. The lowest BCUT2D eigenvalue weighted by molar-refractivity contribution is -0.167. The Bertz CT molecular complexity index is 1120. The van der Waals surface area contributed by atoms with Gasteiger partial charge in [0.2, 0.25) is 0 Å². The van der Waals surface area contributed by atoms with Crippen molar-refractivity contribution in [1.82, 2.24) is 0 Å². The van der Waals surface area contributed by atoms with Crippen LogP contribution < -0.4 is 0 Å². The van der Waals surface area contributed by atoms with Crippen molar-refractivity contribution in [2.24, 2.45) is 0 Å². The maximum Gasteiger partial charge on any atom is 0.306 e. The van der Waals surface area contributed by atoms with Gasteiger partial charge in [0.25, 0.3) is 0 Å². The summed E-state index contributed by atoms with van der Waals surface area (Å²) < 4.78 is 16.8. The third-order valence-electron chi connectivity index (χ3n) is 11.9. The number of carbonyl (C=O) groups excluding carboxylic acids is 3. The van der Waals surface area contributed by atoms with Crippen molar-refractivity contribution in [2.75, 3.05) is 13.2 Å². The number of aliphatic hydroxyl groups is 2. The SMILES string of the molecule is CCCCC/C=C/C/C=C/CCCCCCCC(=O)OC(COC(=O)CCCCCCC/C=C/CC(O)CCCCCC)COC(=O)CCCCCCC/C=C/CC(O)CCCCCC. The molecule has 65 heavy (non-hydrogen) atoms. The molecule has 0 aromatic rings. The number of unbranched alkanes of at least 4 members (excludes halogenated alkanes) is 24. The van der Waals surface area contributed by atoms with E-state index in [0.717, 1.165) is 161 Å². The van der Waals surface area contributed by atoms with Crippen LogP contribution in [0.1, 0.15) is 265 Å². The molecule has 2 atom stereocenters. The normalized spacial score (nSPS) is 13.4. The van der Waals surface area contributed by atoms with Gasteiger partial charge in [-0.05, 0) is 103 Å². The molecule has 0 aliphatic heterocycles. The van der Waals surface area contributed by atoms with Crippen LogP contribution in [0.25, 0.3) is 0 Å². The minimum absolute atomic E-state index is 0.119. The minimum atomic E-state index is -0.821. The van der Waals surface area contributed by atoms with E-state index in [1.807, 2.05) is 0 Å². The summed E-state index contributed by atoms with van der Waals surface area (Å²) >= 11 is 0. The van der Waals surface area contributed by atoms with Gasteiger partial charge in [-0.25, -0.2) is 0 Å². The molecule has 378 valence electrons. The van der Waals surface area contributed by atoms with Crippen LogP contribution in [0.3, 0.4) is 0 Å². The van der Waals surface area contributed by atoms with Crippen LogP contribution in [0.4, 0.5) is 0 Å². The molecule has 0 aromatic heterocycles. The molecule has 0 aromatic carbocycles. The largest absolute Gasteiger partial charge is 0.462 e. The molecule has 0 fully saturated rings. The van der Waals surface area contributed by atoms with Crippen LogP contribution in [0.15, 0.2) is 48.6 Å². The number of hydrogen-bond acceptors (Lipinski definition) is 8. The van der Waals surface area contributed by atoms with Crippen LogP contribution in [-0.2, 0) is 28.6 Å². The summed E-state index contributed by atoms with van der Waals surface area (Å²) in [6.45, 7) is 6.39. The van der Waals surface area contributed by atoms with Gasteiger partial charge in [-0.2, -0.15) is 0 Å². The number of rotatable bonds is 49. The third kappa shape index (κ3) is 49.0. The number of allylic oxidation sites excluding steroid dienone is 6. The van der Waals surface area contributed by atoms with Crippen molar-refractivity contribution < 1.29 is 38.8 Å². The summed E-state index contributed by atoms with van der Waals surface area (Å²) in [4.78, 5) is 38.1. The lowest BCUT2D eigenvalue weighted by Crippen LogP contribution is -2.30. The molecule has 0 saturated carbocycles. The highest BCUT2D eigenvalue weighted by molar-refractivity contribution is 5.71. The van der Waals surface area contributed by atoms with Crippen LogP contribution in [-0.4, -0.2) is 59.6 Å². The summed E-state index contributed by atoms with van der Waals surface area (Å²) in [7, 11) is 0. The average Bonchev–Trinajstić information content (AvgIpc) is 3.30. The molecule has 0 aliphatic rings. The number of esters is 3. The first-order chi connectivity index (χ1) is 31.8. The number of carbonyl (C=O) groups is 3. The van der Waals surface area contributed by atoms with E-state index in [1.165, 1.54) is 64.2 Å². The van der Waals surface area contributed by atoms with E-state index in [-0.39, 0.29) is 49.8 Å². The molecule has 0 aliphatic carbocycles. The molecular formula is C57H102O8. The number of aliphatic hydroxyl groups excluding tert-OH is 2. The van der Waals surface area contributed by atoms with E-state index in [2.05, 4.69) is 69.4 Å². The van der Waals surface area contributed by atoms with E-state index in [9.17, 15) is 24.6 Å². The molecule has 0 spiro atoms. The van der Waals surface area contributed by atoms with E-state index < -0.39 is 6.10 Å². The quantitative estimate of drug-likeness (QED) is 0.0268. The number of hydrogen-bond donors (Lipinski definition) is 2. The van der Waals surface area contributed by atoms with Crippen LogP contribution in [0.2, 0.25) is 0 Å². The van der Waals surface area contributed by atoms with E-state index >= 15 is 0 Å². The first-order valence-corrected chi connectivity index (χ1v) is 27.3. The molecule has 8 nitrogen and oxygen atoms in total. The topological polar surface area (TPSA) is 119 Å². The molecule has 0 heterocycles. The van der Waals surface area contributed by atoms with Gasteiger partial charge in [0.1, 0.15) is 13.2 Å². The van der Waals surface area contributed by atoms with E-state index in [4.69, 9.17) is 14.2 Å². The van der Waals surface area contributed by atoms with Crippen molar-refractivity contribution >= 4 is 17.9 Å². The first kappa shape index (κ1) is 62.3. The molecule has 2 N–H and O–H groups in total. The summed E-state index contributed by atoms with van der Waals surface area (Å²) in [5, 5.41) is 20.2. The van der Waals surface area contributed by atoms with E-state index in [1.54, 1.807) is 0 Å². The standard InChI is InChI=1S/C57H102O8/c1-4-7-10-13-14-15-16-17-18-19-20-21-30-35-42-49-57(62)65-54(50-63-55(60)47-40-33-28-24-22-26-31-38-45-52(58)43-36-11-8-5-2)51-64-56(61)48-41-34-29-25-23-27-32-39-46-53(59)44-37-12-9-6-3/h14-15,17-18,31-32,38-39,52-54,58-59H,4-13,16,19-30,33-37,40-51H2,1-3H3/b15-14+,18-17+,38-31+,39-32+. The molecule has 0 bridgehead atoms. The van der Waals surface area contributed by atoms with Crippen LogP contribution >= 0.6 is 0 Å². The van der Waals surface area contributed by atoms with Gasteiger partial charge in [0, 0.05) is 19.3 Å². The predicted octanol–water partition coefficient (Wildman–Crippen LogP) is 15.8. The molecule has 0 rings (SSSR count). The van der Waals surface area contributed by atoms with Crippen LogP contribution in [0, 0.1) is 0 Å². The second-order valence-electron chi connectivity index (χ2n) is 18.5. The zero-order valence-corrected chi connectivity index (χ0v) is 42.5. The fourth-order valence-electron chi connectivity index (χ4n) is 7.67. The van der Waals surface area contributed by atoms with E-state index in [0.29, 0.717) is 12.8 Å². The first-order valence-electron chi connectivity index (χ1n) is 27.3. The van der Waals surface area contributed by atoms with Crippen molar-refractivity contribution in [1.29, 1.82) is 0 Å². The smallest absolute Gasteiger partial charge is 0.306 e. The molecule has 8 heteroatoms.